The molecular formula is C27H25ClN2O4. The maximum Gasteiger partial charge on any atom is 0.300 e. The zero-order valence-corrected chi connectivity index (χ0v) is 20.1. The number of ketones is 1. The second-order valence-corrected chi connectivity index (χ2v) is 8.78. The van der Waals surface area contributed by atoms with Crippen molar-refractivity contribution < 1.29 is 19.4 Å². The molecular weight excluding hydrogens is 452 g/mol. The lowest BCUT2D eigenvalue weighted by atomic mass is 9.94. The van der Waals surface area contributed by atoms with Crippen molar-refractivity contribution in [2.45, 2.75) is 13.0 Å². The Bertz CT molecular complexity index is 1300. The average molecular weight is 477 g/mol. The van der Waals surface area contributed by atoms with Gasteiger partial charge in [-0.25, -0.2) is 0 Å². The number of Topliss-reactive ketones (excluding diaryl/α,β-unsaturated/α-hetero) is 1. The molecule has 1 aliphatic heterocycles. The molecule has 0 radical (unpaired) electrons. The van der Waals surface area contributed by atoms with Gasteiger partial charge in [0.1, 0.15) is 11.5 Å². The fraction of sp³-hybridized carbons (Fsp3) is 0.185. The Balaban J connectivity index is 1.96. The third kappa shape index (κ3) is 4.13. The summed E-state index contributed by atoms with van der Waals surface area (Å²) in [6.07, 6.45) is 0. The molecule has 0 saturated carbocycles. The molecule has 0 bridgehead atoms. The van der Waals surface area contributed by atoms with Gasteiger partial charge >= 0.3 is 0 Å². The van der Waals surface area contributed by atoms with Crippen LogP contribution in [0, 0.1) is 6.92 Å². The summed E-state index contributed by atoms with van der Waals surface area (Å²) in [6.45, 7) is 1.93. The molecule has 1 N–H and O–H groups in total. The number of carbonyl (C=O) groups excluding carboxylic acids is 2. The number of hydrogen-bond donors (Lipinski definition) is 1. The summed E-state index contributed by atoms with van der Waals surface area (Å²) in [5, 5.41) is 11.7. The van der Waals surface area contributed by atoms with Crippen LogP contribution in [0.3, 0.4) is 0 Å². The number of rotatable bonds is 5. The summed E-state index contributed by atoms with van der Waals surface area (Å²) in [5.41, 5.74) is 3.40. The first-order valence-corrected chi connectivity index (χ1v) is 11.1. The number of hydrogen-bond acceptors (Lipinski definition) is 5. The minimum absolute atomic E-state index is 0.0205. The van der Waals surface area contributed by atoms with Crippen LogP contribution >= 0.6 is 11.6 Å². The summed E-state index contributed by atoms with van der Waals surface area (Å²) in [5.74, 6) is -1.49. The predicted octanol–water partition coefficient (Wildman–Crippen LogP) is 5.35. The number of anilines is 2. The molecule has 1 atom stereocenters. The smallest absolute Gasteiger partial charge is 0.300 e. The molecule has 1 fully saturated rings. The summed E-state index contributed by atoms with van der Waals surface area (Å²) in [6, 6.07) is 18.8. The van der Waals surface area contributed by atoms with Crippen molar-refractivity contribution in [1.82, 2.24) is 0 Å². The van der Waals surface area contributed by atoms with E-state index in [2.05, 4.69) is 0 Å². The van der Waals surface area contributed by atoms with Crippen LogP contribution in [0.4, 0.5) is 11.4 Å². The van der Waals surface area contributed by atoms with Crippen LogP contribution in [0.2, 0.25) is 5.02 Å². The number of aliphatic hydroxyl groups is 1. The third-order valence-electron chi connectivity index (χ3n) is 5.86. The number of methoxy groups -OCH3 is 1. The van der Waals surface area contributed by atoms with E-state index in [1.165, 1.54) is 18.1 Å². The molecule has 4 rings (SSSR count). The lowest BCUT2D eigenvalue weighted by molar-refractivity contribution is -0.132. The monoisotopic (exact) mass is 476 g/mol. The zero-order chi connectivity index (χ0) is 24.6. The molecule has 3 aromatic carbocycles. The van der Waals surface area contributed by atoms with Gasteiger partial charge in [0.15, 0.2) is 0 Å². The number of benzene rings is 3. The van der Waals surface area contributed by atoms with E-state index in [1.807, 2.05) is 62.3 Å². The summed E-state index contributed by atoms with van der Waals surface area (Å²) in [7, 11) is 5.31. The minimum atomic E-state index is -0.825. The molecule has 1 aliphatic rings. The molecule has 1 amide bonds. The van der Waals surface area contributed by atoms with Crippen LogP contribution in [0.1, 0.15) is 22.7 Å². The van der Waals surface area contributed by atoms with Crippen molar-refractivity contribution in [3.8, 4) is 5.75 Å². The van der Waals surface area contributed by atoms with Gasteiger partial charge in [-0.1, -0.05) is 41.4 Å². The van der Waals surface area contributed by atoms with E-state index in [0.29, 0.717) is 22.0 Å². The Morgan fingerprint density at radius 2 is 1.74 bits per heavy atom. The first-order valence-electron chi connectivity index (χ1n) is 10.7. The summed E-state index contributed by atoms with van der Waals surface area (Å²) >= 11 is 6.17. The first-order chi connectivity index (χ1) is 16.2. The lowest BCUT2D eigenvalue weighted by Gasteiger charge is -2.26. The highest BCUT2D eigenvalue weighted by Crippen LogP contribution is 2.44. The number of nitrogens with zero attached hydrogens (tertiary/aromatic N) is 2. The number of aryl methyl sites for hydroxylation is 1. The van der Waals surface area contributed by atoms with Crippen molar-refractivity contribution in [3.05, 3.63) is 94.0 Å². The van der Waals surface area contributed by atoms with E-state index in [9.17, 15) is 14.7 Å². The number of aliphatic hydroxyl groups excluding tert-OH is 1. The van der Waals surface area contributed by atoms with E-state index < -0.39 is 17.7 Å². The van der Waals surface area contributed by atoms with Gasteiger partial charge in [0, 0.05) is 30.5 Å². The molecule has 174 valence electrons. The van der Waals surface area contributed by atoms with Gasteiger partial charge in [-0.2, -0.15) is 0 Å². The number of carbonyl (C=O) groups is 2. The van der Waals surface area contributed by atoms with Crippen LogP contribution in [0.15, 0.2) is 72.3 Å². The maximum absolute atomic E-state index is 13.3. The second kappa shape index (κ2) is 9.23. The van der Waals surface area contributed by atoms with Gasteiger partial charge in [0.2, 0.25) is 0 Å². The van der Waals surface area contributed by atoms with Crippen LogP contribution in [-0.2, 0) is 9.59 Å². The number of ether oxygens (including phenoxy) is 1. The largest absolute Gasteiger partial charge is 0.507 e. The Morgan fingerprint density at radius 3 is 2.35 bits per heavy atom. The van der Waals surface area contributed by atoms with Gasteiger partial charge in [-0.3, -0.25) is 14.5 Å². The molecule has 1 saturated heterocycles. The van der Waals surface area contributed by atoms with Crippen LogP contribution in [0.5, 0.6) is 5.75 Å². The van der Waals surface area contributed by atoms with Gasteiger partial charge < -0.3 is 14.7 Å². The van der Waals surface area contributed by atoms with Crippen molar-refractivity contribution in [2.24, 2.45) is 0 Å². The third-order valence-corrected chi connectivity index (χ3v) is 6.10. The zero-order valence-electron chi connectivity index (χ0n) is 19.4. The topological polar surface area (TPSA) is 70.1 Å². The molecule has 3 aromatic rings. The standard InChI is InChI=1S/C27H25ClN2O4/c1-16-6-5-7-17(14-16)24-23(25(31)21-15-18(28)8-13-22(21)34-4)26(32)27(33)30(24)20-11-9-19(10-12-20)29(2)3/h5-15,24,31H,1-4H3/b25-23+. The quantitative estimate of drug-likeness (QED) is 0.305. The molecule has 7 heteroatoms. The predicted molar refractivity (Wildman–Crippen MR) is 135 cm³/mol. The molecule has 0 spiro atoms. The number of amides is 1. The van der Waals surface area contributed by atoms with E-state index in [0.717, 1.165) is 11.3 Å². The van der Waals surface area contributed by atoms with Gasteiger partial charge in [-0.15, -0.1) is 0 Å². The second-order valence-electron chi connectivity index (χ2n) is 8.34. The Morgan fingerprint density at radius 1 is 1.03 bits per heavy atom. The average Bonchev–Trinajstić information content (AvgIpc) is 3.09. The van der Waals surface area contributed by atoms with E-state index >= 15 is 0 Å². The highest BCUT2D eigenvalue weighted by Gasteiger charge is 2.47. The van der Waals surface area contributed by atoms with Gasteiger partial charge in [0.25, 0.3) is 11.7 Å². The van der Waals surface area contributed by atoms with E-state index in [1.54, 1.807) is 24.3 Å². The summed E-state index contributed by atoms with van der Waals surface area (Å²) < 4.78 is 5.38. The Labute approximate surface area is 203 Å². The fourth-order valence-electron chi connectivity index (χ4n) is 4.18. The molecule has 34 heavy (non-hydrogen) atoms. The normalized spacial score (nSPS) is 17.2. The van der Waals surface area contributed by atoms with E-state index in [4.69, 9.17) is 16.3 Å². The minimum Gasteiger partial charge on any atom is -0.507 e. The number of halogens is 1. The molecule has 6 nitrogen and oxygen atoms in total. The molecule has 1 unspecified atom stereocenters. The van der Waals surface area contributed by atoms with Gasteiger partial charge in [-0.05, 0) is 55.0 Å². The van der Waals surface area contributed by atoms with E-state index in [-0.39, 0.29) is 16.9 Å². The lowest BCUT2D eigenvalue weighted by Crippen LogP contribution is -2.29. The Kier molecular flexibility index (Phi) is 6.35. The first kappa shape index (κ1) is 23.4. The molecule has 1 heterocycles. The highest BCUT2D eigenvalue weighted by molar-refractivity contribution is 6.51. The molecule has 0 aromatic heterocycles. The van der Waals surface area contributed by atoms with Crippen molar-refractivity contribution in [2.75, 3.05) is 31.0 Å². The van der Waals surface area contributed by atoms with Crippen LogP contribution < -0.4 is 14.5 Å². The fourth-order valence-corrected chi connectivity index (χ4v) is 4.35. The van der Waals surface area contributed by atoms with Crippen LogP contribution in [-0.4, -0.2) is 38.0 Å². The van der Waals surface area contributed by atoms with Crippen molar-refractivity contribution in [1.29, 1.82) is 0 Å². The molecule has 0 aliphatic carbocycles. The maximum atomic E-state index is 13.3. The SMILES string of the molecule is COc1ccc(Cl)cc1/C(O)=C1\C(=O)C(=O)N(c2ccc(N(C)C)cc2)C1c1cccc(C)c1. The van der Waals surface area contributed by atoms with Crippen molar-refractivity contribution in [3.63, 3.8) is 0 Å². The summed E-state index contributed by atoms with van der Waals surface area (Å²) in [4.78, 5) is 30.0. The van der Waals surface area contributed by atoms with Gasteiger partial charge in [0.05, 0.1) is 24.3 Å². The Hall–Kier alpha value is -3.77. The highest BCUT2D eigenvalue weighted by atomic mass is 35.5. The van der Waals surface area contributed by atoms with Crippen molar-refractivity contribution >= 4 is 40.4 Å². The van der Waals surface area contributed by atoms with Crippen LogP contribution in [0.25, 0.3) is 5.76 Å².